The van der Waals surface area contributed by atoms with E-state index < -0.39 is 45.5 Å². The number of fused-ring (bicyclic) bond motifs is 2. The molecule has 4 rings (SSSR count). The molecule has 0 N–H and O–H groups in total. The van der Waals surface area contributed by atoms with Gasteiger partial charge in [-0.2, -0.15) is 49.3 Å². The van der Waals surface area contributed by atoms with E-state index in [1.54, 1.807) is 83.1 Å². The van der Waals surface area contributed by atoms with Crippen molar-refractivity contribution in [1.82, 2.24) is 9.13 Å². The van der Waals surface area contributed by atoms with Crippen LogP contribution in [0.5, 0.6) is 0 Å². The van der Waals surface area contributed by atoms with Gasteiger partial charge in [-0.25, -0.2) is 0 Å². The molecular weight excluding hydrogens is 1090 g/mol. The van der Waals surface area contributed by atoms with Crippen molar-refractivity contribution in [3.63, 3.8) is 0 Å². The molecule has 2 heterocycles. The van der Waals surface area contributed by atoms with Crippen LogP contribution in [0, 0.1) is 33.8 Å². The molecule has 0 aliphatic heterocycles. The summed E-state index contributed by atoms with van der Waals surface area (Å²) >= 11 is 0. The van der Waals surface area contributed by atoms with Gasteiger partial charge in [0.2, 0.25) is 0 Å². The number of carbonyl (C=O) groups is 4. The standard InChI is InChI=1S/2C9H8N.4C5H10O2.2CH3O.4Pd/c2*1-10-7-6-8-4-2-3-5-9(8)10;4*1-5(2,3)4(6)7;2*1-2;;;;/h2*2-5,7H,1H3;4*1-3H3,(H,6,7);2*1H3;;;;/q2*-1;;;;;2*-1;4*+2/p-4. The Balaban J connectivity index is -0.0000000804. The maximum atomic E-state index is 9.91. The first-order chi connectivity index (χ1) is 23.5. The van der Waals surface area contributed by atoms with Gasteiger partial charge < -0.3 is 59.0 Å². The number of aliphatic carboxylic acids is 4. The van der Waals surface area contributed by atoms with Crippen LogP contribution >= 0.6 is 0 Å². The third-order valence-electron chi connectivity index (χ3n) is 5.84. The Bertz CT molecular complexity index is 1440. The molecule has 0 amide bonds. The first-order valence-corrected chi connectivity index (χ1v) is 16.0. The second-order valence-corrected chi connectivity index (χ2v) is 15.0. The minimum atomic E-state index is -1.01. The van der Waals surface area contributed by atoms with Crippen LogP contribution in [0.2, 0.25) is 0 Å². The fourth-order valence-electron chi connectivity index (χ4n) is 2.28. The van der Waals surface area contributed by atoms with Crippen LogP contribution in [-0.2, 0) is 115 Å². The summed E-state index contributed by atoms with van der Waals surface area (Å²) in [4.78, 5) is 39.6. The molecule has 0 atom stereocenters. The van der Waals surface area contributed by atoms with Crippen LogP contribution in [-0.4, -0.2) is 47.2 Å². The van der Waals surface area contributed by atoms with Crippen molar-refractivity contribution in [2.75, 3.05) is 14.2 Å². The SMILES string of the molecule is CC(C)(C)C(=O)[O-].CC(C)(C)C(=O)[O-].CC(C)(C)C(=O)[O-].CC(C)(C)C(=O)[O-].C[O-].C[O-].Cn1c[c-]c2ccccc21.Cn1c[c-]c2ccccc21.[Pd+2].[Pd+2].[Pd+2].[Pd+2]. The van der Waals surface area contributed by atoms with E-state index in [9.17, 15) is 39.6 Å². The van der Waals surface area contributed by atoms with Gasteiger partial charge in [-0.1, -0.05) is 131 Å². The number of hydrogen-bond acceptors (Lipinski definition) is 10. The fourth-order valence-corrected chi connectivity index (χ4v) is 2.28. The van der Waals surface area contributed by atoms with Gasteiger partial charge in [0, 0.05) is 45.5 Å². The van der Waals surface area contributed by atoms with Crippen molar-refractivity contribution in [3.8, 4) is 0 Å². The summed E-state index contributed by atoms with van der Waals surface area (Å²) in [5.41, 5.74) is -0.301. The smallest absolute Gasteiger partial charge is 0.857 e. The minimum absolute atomic E-state index is 0. The van der Waals surface area contributed by atoms with Crippen LogP contribution in [0.4, 0.5) is 0 Å². The molecule has 2 aromatic heterocycles. The van der Waals surface area contributed by atoms with E-state index in [0.717, 1.165) is 14.2 Å². The van der Waals surface area contributed by atoms with E-state index in [-0.39, 0.29) is 81.7 Å². The molecule has 0 aliphatic carbocycles. The van der Waals surface area contributed by atoms with E-state index in [1.807, 2.05) is 50.8 Å². The van der Waals surface area contributed by atoms with Gasteiger partial charge in [0.15, 0.2) is 0 Å². The molecule has 328 valence electrons. The molecule has 56 heavy (non-hydrogen) atoms. The Morgan fingerprint density at radius 2 is 0.589 bits per heavy atom. The number of hydrogen-bond donors (Lipinski definition) is 0. The van der Waals surface area contributed by atoms with Crippen molar-refractivity contribution in [3.05, 3.63) is 73.1 Å². The largest absolute Gasteiger partial charge is 2.00 e. The maximum Gasteiger partial charge on any atom is 2.00 e. The van der Waals surface area contributed by atoms with E-state index in [2.05, 4.69) is 45.5 Å². The molecule has 0 aliphatic rings. The van der Waals surface area contributed by atoms with Crippen molar-refractivity contribution in [1.29, 1.82) is 0 Å². The summed E-state index contributed by atoms with van der Waals surface area (Å²) in [7, 11) is 5.55. The molecule has 2 aromatic carbocycles. The molecule has 0 bridgehead atoms. The van der Waals surface area contributed by atoms with Gasteiger partial charge in [0.1, 0.15) is 0 Å². The zero-order valence-electron chi connectivity index (χ0n) is 35.0. The third kappa shape index (κ3) is 35.2. The summed E-state index contributed by atoms with van der Waals surface area (Å²) in [6, 6.07) is 22.7. The fraction of sp³-hybridized carbons (Fsp3) is 0.500. The molecule has 0 saturated heterocycles. The van der Waals surface area contributed by atoms with E-state index in [4.69, 9.17) is 10.2 Å². The van der Waals surface area contributed by atoms with Gasteiger partial charge >= 0.3 is 81.7 Å². The van der Waals surface area contributed by atoms with Crippen LogP contribution < -0.4 is 30.6 Å². The van der Waals surface area contributed by atoms with E-state index >= 15 is 0 Å². The first kappa shape index (κ1) is 71.7. The average Bonchev–Trinajstić information content (AvgIpc) is 3.61. The molecule has 0 radical (unpaired) electrons. The Morgan fingerprint density at radius 1 is 0.429 bits per heavy atom. The van der Waals surface area contributed by atoms with Gasteiger partial charge in [-0.05, 0) is 14.1 Å². The molecule has 4 aromatic rings. The molecule has 12 nitrogen and oxygen atoms in total. The zero-order valence-corrected chi connectivity index (χ0v) is 41.2. The number of carboxylic acid groups (broad SMARTS) is 4. The van der Waals surface area contributed by atoms with Crippen molar-refractivity contribution >= 4 is 45.7 Å². The second-order valence-electron chi connectivity index (χ2n) is 15.0. The normalized spacial score (nSPS) is 9.61. The third-order valence-corrected chi connectivity index (χ3v) is 5.84. The van der Waals surface area contributed by atoms with Gasteiger partial charge in [0.25, 0.3) is 0 Å². The van der Waals surface area contributed by atoms with E-state index in [1.165, 1.54) is 21.8 Å². The Morgan fingerprint density at radius 3 is 0.732 bits per heavy atom. The number of benzene rings is 2. The quantitative estimate of drug-likeness (QED) is 0.180. The van der Waals surface area contributed by atoms with Crippen molar-refractivity contribution < 1.29 is 132 Å². The van der Waals surface area contributed by atoms with Crippen LogP contribution in [0.3, 0.4) is 0 Å². The Hall–Kier alpha value is -2.03. The summed E-state index contributed by atoms with van der Waals surface area (Å²) in [5, 5.41) is 58.5. The number of rotatable bonds is 0. The number of para-hydroxylation sites is 2. The molecule has 0 unspecified atom stereocenters. The first-order valence-electron chi connectivity index (χ1n) is 16.0. The topological polar surface area (TPSA) is 216 Å². The van der Waals surface area contributed by atoms with Crippen LogP contribution in [0.25, 0.3) is 21.8 Å². The number of carboxylic acids is 4. The summed E-state index contributed by atoms with van der Waals surface area (Å²) in [6.07, 6.45) is 3.90. The molecule has 0 fully saturated rings. The minimum Gasteiger partial charge on any atom is -0.857 e. The predicted octanol–water partition coefficient (Wildman–Crippen LogP) is 1.03. The van der Waals surface area contributed by atoms with Crippen LogP contribution in [0.15, 0.2) is 60.9 Å². The second kappa shape index (κ2) is 35.0. The summed E-state index contributed by atoms with van der Waals surface area (Å²) < 4.78 is 4.13. The average molecular weight is 1150 g/mol. The number of aryl methyl sites for hydroxylation is 2. The molecule has 16 heteroatoms. The number of aromatic nitrogens is 2. The Labute approximate surface area is 389 Å². The predicted molar refractivity (Wildman–Crippen MR) is 193 cm³/mol. The maximum absolute atomic E-state index is 9.91. The number of nitrogens with zero attached hydrogens (tertiary/aromatic N) is 2. The van der Waals surface area contributed by atoms with E-state index in [0.29, 0.717) is 0 Å². The Kier molecular flexibility index (Phi) is 44.7. The summed E-state index contributed by atoms with van der Waals surface area (Å²) in [5.74, 6) is -4.03. The van der Waals surface area contributed by atoms with Crippen molar-refractivity contribution in [2.45, 2.75) is 83.1 Å². The zero-order chi connectivity index (χ0) is 42.3. The van der Waals surface area contributed by atoms with Gasteiger partial charge in [-0.15, -0.1) is 12.1 Å². The van der Waals surface area contributed by atoms with Gasteiger partial charge in [-0.3, -0.25) is 0 Å². The molecule has 0 saturated carbocycles. The molecule has 0 spiro atoms. The van der Waals surface area contributed by atoms with Gasteiger partial charge in [0.05, 0.1) is 0 Å². The summed E-state index contributed by atoms with van der Waals surface area (Å²) in [6.45, 7) is 19.2. The number of carbonyl (C=O) groups excluding carboxylic acids is 4. The monoisotopic (exact) mass is 1150 g/mol. The molecular formula is C40H58N2O10Pd4. The van der Waals surface area contributed by atoms with Crippen molar-refractivity contribution in [2.24, 2.45) is 35.8 Å². The van der Waals surface area contributed by atoms with Crippen LogP contribution in [0.1, 0.15) is 83.1 Å².